The van der Waals surface area contributed by atoms with E-state index in [1.165, 1.54) is 14.0 Å². The molecular weight excluding hydrogens is 414 g/mol. The molecule has 0 bridgehead atoms. The van der Waals surface area contributed by atoms with Crippen LogP contribution in [0.5, 0.6) is 5.75 Å². The van der Waals surface area contributed by atoms with Crippen LogP contribution in [0.2, 0.25) is 0 Å². The Hall–Kier alpha value is -2.66. The van der Waals surface area contributed by atoms with Crippen LogP contribution in [0, 0.1) is 0 Å². The van der Waals surface area contributed by atoms with E-state index in [-0.39, 0.29) is 12.1 Å². The molecule has 29 heavy (non-hydrogen) atoms. The van der Waals surface area contributed by atoms with Crippen LogP contribution in [0.4, 0.5) is 17.6 Å². The number of alkyl halides is 3. The monoisotopic (exact) mass is 431 g/mol. The highest BCUT2D eigenvalue weighted by Gasteiger charge is 2.39. The van der Waals surface area contributed by atoms with Gasteiger partial charge >= 0.3 is 6.18 Å². The summed E-state index contributed by atoms with van der Waals surface area (Å²) in [7, 11) is -2.85. The van der Waals surface area contributed by atoms with Gasteiger partial charge in [0.25, 0.3) is 0 Å². The van der Waals surface area contributed by atoms with Crippen LogP contribution in [-0.2, 0) is 21.7 Å². The van der Waals surface area contributed by atoms with Crippen LogP contribution in [0.25, 0.3) is 11.3 Å². The number of ether oxygens (including phenoxy) is 1. The van der Waals surface area contributed by atoms with Crippen molar-refractivity contribution in [2.45, 2.75) is 25.1 Å². The minimum atomic E-state index is -4.72. The molecule has 1 aliphatic rings. The standard InChI is InChI=1S/C18H17F4N3O3S/c1-17(8-7-15(13(19)10-17)29(23,26)27)25-14(9-16(24-25)18(20,21)22)11-3-5-12(28-2)6-4-11/h3-7,9-10H,8H2,1-2H3,(H2,23,26,27). The fourth-order valence-electron chi connectivity index (χ4n) is 3.08. The maximum Gasteiger partial charge on any atom is 0.435 e. The van der Waals surface area contributed by atoms with Gasteiger partial charge in [0.1, 0.15) is 16.5 Å². The van der Waals surface area contributed by atoms with Gasteiger partial charge in [0, 0.05) is 5.56 Å². The number of allylic oxidation sites excluding steroid dienone is 3. The molecular formula is C18H17F4N3O3S. The smallest absolute Gasteiger partial charge is 0.435 e. The molecule has 1 aromatic carbocycles. The average Bonchev–Trinajstić information content (AvgIpc) is 3.07. The molecule has 1 atom stereocenters. The third-order valence-corrected chi connectivity index (χ3v) is 5.52. The number of primary sulfonamides is 1. The number of nitrogens with two attached hydrogens (primary N) is 1. The molecule has 6 nitrogen and oxygen atoms in total. The van der Waals surface area contributed by atoms with E-state index in [1.54, 1.807) is 24.3 Å². The molecule has 156 valence electrons. The lowest BCUT2D eigenvalue weighted by atomic mass is 9.92. The number of halogens is 4. The Kier molecular flexibility index (Phi) is 5.08. The summed E-state index contributed by atoms with van der Waals surface area (Å²) in [6.45, 7) is 1.45. The predicted octanol–water partition coefficient (Wildman–Crippen LogP) is 3.72. The van der Waals surface area contributed by atoms with E-state index in [0.717, 1.165) is 22.9 Å². The number of sulfonamides is 1. The second kappa shape index (κ2) is 6.99. The van der Waals surface area contributed by atoms with E-state index in [4.69, 9.17) is 9.88 Å². The largest absolute Gasteiger partial charge is 0.497 e. The lowest BCUT2D eigenvalue weighted by Gasteiger charge is -2.30. The van der Waals surface area contributed by atoms with Gasteiger partial charge in [-0.2, -0.15) is 18.3 Å². The first-order valence-corrected chi connectivity index (χ1v) is 9.84. The van der Waals surface area contributed by atoms with E-state index >= 15 is 0 Å². The normalized spacial score (nSPS) is 20.2. The summed E-state index contributed by atoms with van der Waals surface area (Å²) in [5.41, 5.74) is -2.07. The molecule has 0 amide bonds. The third kappa shape index (κ3) is 4.06. The van der Waals surface area contributed by atoms with E-state index in [0.29, 0.717) is 11.3 Å². The van der Waals surface area contributed by atoms with Crippen molar-refractivity contribution in [2.24, 2.45) is 5.14 Å². The van der Waals surface area contributed by atoms with Crippen LogP contribution in [0.1, 0.15) is 19.0 Å². The topological polar surface area (TPSA) is 87.2 Å². The van der Waals surface area contributed by atoms with E-state index in [1.807, 2.05) is 0 Å². The van der Waals surface area contributed by atoms with Gasteiger partial charge in [-0.05, 0) is 49.8 Å². The highest BCUT2D eigenvalue weighted by atomic mass is 32.2. The molecule has 1 aromatic heterocycles. The Morgan fingerprint density at radius 3 is 2.34 bits per heavy atom. The van der Waals surface area contributed by atoms with Gasteiger partial charge in [-0.25, -0.2) is 17.9 Å². The highest BCUT2D eigenvalue weighted by Crippen LogP contribution is 2.39. The zero-order valence-electron chi connectivity index (χ0n) is 15.4. The van der Waals surface area contributed by atoms with Crippen molar-refractivity contribution in [1.82, 2.24) is 9.78 Å². The van der Waals surface area contributed by atoms with Gasteiger partial charge in [0.15, 0.2) is 5.69 Å². The van der Waals surface area contributed by atoms with E-state index in [2.05, 4.69) is 5.10 Å². The lowest BCUT2D eigenvalue weighted by Crippen LogP contribution is -2.33. The summed E-state index contributed by atoms with van der Waals surface area (Å²) < 4.78 is 83.4. The number of hydrogen-bond acceptors (Lipinski definition) is 4. The molecule has 0 aliphatic heterocycles. The van der Waals surface area contributed by atoms with Gasteiger partial charge in [0.05, 0.1) is 18.3 Å². The zero-order valence-corrected chi connectivity index (χ0v) is 16.2. The third-order valence-electron chi connectivity index (χ3n) is 4.55. The maximum absolute atomic E-state index is 14.5. The summed E-state index contributed by atoms with van der Waals surface area (Å²) in [6, 6.07) is 7.09. The fraction of sp³-hybridized carbons (Fsp3) is 0.278. The SMILES string of the molecule is COc1ccc(-c2cc(C(F)(F)F)nn2C2(C)C=C(F)C(S(N)(=O)=O)=CC2)cc1. The molecule has 1 heterocycles. The van der Waals surface area contributed by atoms with Gasteiger partial charge in [-0.3, -0.25) is 4.68 Å². The Morgan fingerprint density at radius 1 is 1.24 bits per heavy atom. The molecule has 1 aliphatic carbocycles. The second-order valence-corrected chi connectivity index (χ2v) is 8.25. The second-order valence-electron chi connectivity index (χ2n) is 6.72. The van der Waals surface area contributed by atoms with Crippen LogP contribution in [0.3, 0.4) is 0 Å². The summed E-state index contributed by atoms with van der Waals surface area (Å²) >= 11 is 0. The summed E-state index contributed by atoms with van der Waals surface area (Å²) in [4.78, 5) is -0.704. The van der Waals surface area contributed by atoms with Gasteiger partial charge in [-0.15, -0.1) is 0 Å². The van der Waals surface area contributed by atoms with Crippen molar-refractivity contribution in [3.05, 3.63) is 58.9 Å². The molecule has 0 fully saturated rings. The highest BCUT2D eigenvalue weighted by molar-refractivity contribution is 7.93. The number of hydrogen-bond donors (Lipinski definition) is 1. The molecule has 0 spiro atoms. The minimum Gasteiger partial charge on any atom is -0.497 e. The zero-order chi connectivity index (χ0) is 21.6. The van der Waals surface area contributed by atoms with Gasteiger partial charge in [-0.1, -0.05) is 6.08 Å². The molecule has 3 rings (SSSR count). The molecule has 0 saturated heterocycles. The first-order chi connectivity index (χ1) is 13.3. The fourth-order valence-corrected chi connectivity index (χ4v) is 3.72. The van der Waals surface area contributed by atoms with E-state index in [9.17, 15) is 26.0 Å². The quantitative estimate of drug-likeness (QED) is 0.748. The summed E-state index contributed by atoms with van der Waals surface area (Å²) in [5, 5.41) is 8.63. The minimum absolute atomic E-state index is 0.0824. The number of methoxy groups -OCH3 is 1. The number of aromatic nitrogens is 2. The van der Waals surface area contributed by atoms with Crippen molar-refractivity contribution < 1.29 is 30.7 Å². The maximum atomic E-state index is 14.5. The van der Waals surface area contributed by atoms with Gasteiger partial charge in [0.2, 0.25) is 10.0 Å². The van der Waals surface area contributed by atoms with E-state index < -0.39 is 38.2 Å². The molecule has 2 N–H and O–H groups in total. The molecule has 0 saturated carbocycles. The Labute approximate surface area is 164 Å². The number of rotatable bonds is 4. The Balaban J connectivity index is 2.16. The number of nitrogens with zero attached hydrogens (tertiary/aromatic N) is 2. The van der Waals surface area contributed by atoms with Gasteiger partial charge < -0.3 is 4.74 Å². The average molecular weight is 431 g/mol. The number of benzene rings is 1. The molecule has 2 aromatic rings. The first kappa shape index (κ1) is 21.1. The van der Waals surface area contributed by atoms with Crippen molar-refractivity contribution in [3.8, 4) is 17.0 Å². The van der Waals surface area contributed by atoms with Crippen molar-refractivity contribution >= 4 is 10.0 Å². The Bertz CT molecular complexity index is 1100. The predicted molar refractivity (Wildman–Crippen MR) is 97.9 cm³/mol. The van der Waals surface area contributed by atoms with Crippen molar-refractivity contribution in [2.75, 3.05) is 7.11 Å². The summed E-state index contributed by atoms with van der Waals surface area (Å²) in [5.74, 6) is -0.641. The first-order valence-electron chi connectivity index (χ1n) is 8.29. The van der Waals surface area contributed by atoms with Crippen LogP contribution in [0.15, 0.2) is 53.2 Å². The van der Waals surface area contributed by atoms with Crippen molar-refractivity contribution in [3.63, 3.8) is 0 Å². The summed E-state index contributed by atoms with van der Waals surface area (Å²) in [6.07, 6.45) is -2.90. The molecule has 1 unspecified atom stereocenters. The van der Waals surface area contributed by atoms with Crippen LogP contribution in [-0.4, -0.2) is 25.3 Å². The molecule has 0 radical (unpaired) electrons. The Morgan fingerprint density at radius 2 is 1.86 bits per heavy atom. The lowest BCUT2D eigenvalue weighted by molar-refractivity contribution is -0.141. The van der Waals surface area contributed by atoms with Crippen molar-refractivity contribution in [1.29, 1.82) is 0 Å². The molecule has 11 heteroatoms. The van der Waals surface area contributed by atoms with Crippen LogP contribution < -0.4 is 9.88 Å². The van der Waals surface area contributed by atoms with Crippen LogP contribution >= 0.6 is 0 Å².